The summed E-state index contributed by atoms with van der Waals surface area (Å²) in [5.41, 5.74) is 6.27. The zero-order valence-corrected chi connectivity index (χ0v) is 14.6. The van der Waals surface area contributed by atoms with Gasteiger partial charge in [-0.3, -0.25) is 23.3 Å². The maximum atomic E-state index is 12.2. The fourth-order valence-corrected chi connectivity index (χ4v) is 3.03. The molecule has 0 spiro atoms. The van der Waals surface area contributed by atoms with E-state index in [1.165, 1.54) is 11.6 Å². The molecular weight excluding hydrogens is 378 g/mol. The highest BCUT2D eigenvalue weighted by Gasteiger charge is 2.17. The number of imidazole rings is 1. The quantitative estimate of drug-likeness (QED) is 0.649. The lowest BCUT2D eigenvalue weighted by Crippen LogP contribution is -2.37. The van der Waals surface area contributed by atoms with Crippen LogP contribution in [0.4, 0.5) is 0 Å². The number of hydrogen-bond acceptors (Lipinski definition) is 4. The van der Waals surface area contributed by atoms with Gasteiger partial charge in [-0.05, 0) is 33.6 Å². The van der Waals surface area contributed by atoms with Gasteiger partial charge < -0.3 is 5.73 Å². The largest absolute Gasteiger partial charge is 0.366 e. The summed E-state index contributed by atoms with van der Waals surface area (Å²) < 4.78 is 4.56. The lowest BCUT2D eigenvalue weighted by Gasteiger charge is -2.10. The summed E-state index contributed by atoms with van der Waals surface area (Å²) in [6.45, 7) is 0.372. The second-order valence-electron chi connectivity index (χ2n) is 5.41. The lowest BCUT2D eigenvalue weighted by atomic mass is 10.1. The van der Waals surface area contributed by atoms with Crippen molar-refractivity contribution < 1.29 is 4.79 Å². The molecule has 24 heavy (non-hydrogen) atoms. The highest BCUT2D eigenvalue weighted by atomic mass is 79.9. The summed E-state index contributed by atoms with van der Waals surface area (Å²) in [6, 6.07) is 6.78. The van der Waals surface area contributed by atoms with Crippen molar-refractivity contribution in [3.05, 3.63) is 61.0 Å². The molecule has 0 aliphatic carbocycles. The van der Waals surface area contributed by atoms with Crippen molar-refractivity contribution in [2.75, 3.05) is 0 Å². The van der Waals surface area contributed by atoms with Crippen LogP contribution in [0.2, 0.25) is 0 Å². The Hall–Kier alpha value is -2.68. The Bertz CT molecular complexity index is 1080. The lowest BCUT2D eigenvalue weighted by molar-refractivity contribution is 0.100. The van der Waals surface area contributed by atoms with E-state index in [1.54, 1.807) is 35.9 Å². The first-order chi connectivity index (χ1) is 11.3. The Labute approximate surface area is 144 Å². The van der Waals surface area contributed by atoms with E-state index in [2.05, 4.69) is 20.9 Å². The molecule has 2 N–H and O–H groups in total. The van der Waals surface area contributed by atoms with Crippen LogP contribution in [0.5, 0.6) is 0 Å². The first-order valence-corrected chi connectivity index (χ1v) is 7.81. The minimum absolute atomic E-state index is 0.209. The van der Waals surface area contributed by atoms with Crippen molar-refractivity contribution in [1.82, 2.24) is 18.7 Å². The summed E-state index contributed by atoms with van der Waals surface area (Å²) in [7, 11) is 3.00. The predicted molar refractivity (Wildman–Crippen MR) is 92.0 cm³/mol. The molecular formula is C15H14BrN5O3. The zero-order chi connectivity index (χ0) is 17.6. The molecule has 8 nitrogen and oxygen atoms in total. The predicted octanol–water partition coefficient (Wildman–Crippen LogP) is 0.343. The Morgan fingerprint density at radius 1 is 1.17 bits per heavy atom. The molecule has 3 rings (SSSR count). The molecule has 124 valence electrons. The molecule has 2 aromatic heterocycles. The van der Waals surface area contributed by atoms with Crippen molar-refractivity contribution in [3.63, 3.8) is 0 Å². The fraction of sp³-hybridized carbons (Fsp3) is 0.200. The summed E-state index contributed by atoms with van der Waals surface area (Å²) >= 11 is 3.34. The number of fused-ring (bicyclic) bond motifs is 1. The Balaban J connectivity index is 2.16. The third kappa shape index (κ3) is 2.46. The van der Waals surface area contributed by atoms with Crippen molar-refractivity contribution in [2.45, 2.75) is 6.54 Å². The number of halogens is 1. The van der Waals surface area contributed by atoms with E-state index in [0.717, 1.165) is 10.1 Å². The van der Waals surface area contributed by atoms with Crippen molar-refractivity contribution in [2.24, 2.45) is 19.8 Å². The molecule has 1 amide bonds. The monoisotopic (exact) mass is 391 g/mol. The van der Waals surface area contributed by atoms with E-state index < -0.39 is 17.2 Å². The van der Waals surface area contributed by atoms with E-state index >= 15 is 0 Å². The number of benzene rings is 1. The average Bonchev–Trinajstić information content (AvgIpc) is 2.88. The van der Waals surface area contributed by atoms with E-state index in [1.807, 2.05) is 0 Å². The highest BCUT2D eigenvalue weighted by Crippen LogP contribution is 2.18. The molecule has 2 heterocycles. The Morgan fingerprint density at radius 2 is 1.79 bits per heavy atom. The standard InChI is InChI=1S/C15H14BrN5O3/c1-19-12-10(13(23)20(2)15(19)24)18-14(16)21(12)7-8-3-5-9(6-4-8)11(17)22/h3-6H,7H2,1-2H3,(H2,17,22). The number of rotatable bonds is 3. The van der Waals surface area contributed by atoms with E-state index in [0.29, 0.717) is 22.5 Å². The van der Waals surface area contributed by atoms with Gasteiger partial charge in [0, 0.05) is 19.7 Å². The molecule has 0 radical (unpaired) electrons. The van der Waals surface area contributed by atoms with E-state index in [-0.39, 0.29) is 5.52 Å². The molecule has 0 bridgehead atoms. The van der Waals surface area contributed by atoms with Crippen LogP contribution in [0.3, 0.4) is 0 Å². The van der Waals surface area contributed by atoms with Crippen LogP contribution in [0.25, 0.3) is 11.2 Å². The molecule has 0 saturated carbocycles. The first-order valence-electron chi connectivity index (χ1n) is 7.01. The third-order valence-corrected chi connectivity index (χ3v) is 4.48. The van der Waals surface area contributed by atoms with Crippen LogP contribution in [-0.2, 0) is 20.6 Å². The average molecular weight is 392 g/mol. The summed E-state index contributed by atoms with van der Waals surface area (Å²) in [5.74, 6) is -0.498. The van der Waals surface area contributed by atoms with Gasteiger partial charge in [0.2, 0.25) is 5.91 Å². The van der Waals surface area contributed by atoms with Crippen LogP contribution in [0, 0.1) is 0 Å². The minimum atomic E-state index is -0.498. The van der Waals surface area contributed by atoms with Gasteiger partial charge in [0.25, 0.3) is 5.56 Å². The van der Waals surface area contributed by atoms with Gasteiger partial charge in [0.15, 0.2) is 15.9 Å². The first kappa shape index (κ1) is 16.2. The molecule has 0 saturated heterocycles. The smallest absolute Gasteiger partial charge is 0.332 e. The van der Waals surface area contributed by atoms with Gasteiger partial charge in [-0.2, -0.15) is 0 Å². The van der Waals surface area contributed by atoms with Gasteiger partial charge in [-0.15, -0.1) is 0 Å². The maximum absolute atomic E-state index is 12.2. The van der Waals surface area contributed by atoms with Crippen LogP contribution >= 0.6 is 15.9 Å². The van der Waals surface area contributed by atoms with Gasteiger partial charge >= 0.3 is 5.69 Å². The molecule has 0 fully saturated rings. The van der Waals surface area contributed by atoms with Crippen molar-refractivity contribution in [3.8, 4) is 0 Å². The maximum Gasteiger partial charge on any atom is 0.332 e. The van der Waals surface area contributed by atoms with E-state index in [4.69, 9.17) is 5.73 Å². The Kier molecular flexibility index (Phi) is 3.88. The normalized spacial score (nSPS) is 11.1. The minimum Gasteiger partial charge on any atom is -0.366 e. The second kappa shape index (κ2) is 5.75. The molecule has 0 aliphatic rings. The van der Waals surface area contributed by atoms with Gasteiger partial charge in [-0.25, -0.2) is 9.78 Å². The van der Waals surface area contributed by atoms with Crippen LogP contribution in [0.15, 0.2) is 38.6 Å². The Morgan fingerprint density at radius 3 is 2.38 bits per heavy atom. The molecule has 0 unspecified atom stereocenters. The molecule has 9 heteroatoms. The number of carbonyl (C=O) groups is 1. The zero-order valence-electron chi connectivity index (χ0n) is 13.0. The summed E-state index contributed by atoms with van der Waals surface area (Å²) in [6.07, 6.45) is 0. The second-order valence-corrected chi connectivity index (χ2v) is 6.12. The molecule has 1 aromatic carbocycles. The number of primary amides is 1. The summed E-state index contributed by atoms with van der Waals surface area (Å²) in [4.78, 5) is 39.8. The number of amides is 1. The number of carbonyl (C=O) groups excluding carboxylic acids is 1. The van der Waals surface area contributed by atoms with Crippen LogP contribution in [-0.4, -0.2) is 24.6 Å². The van der Waals surface area contributed by atoms with Crippen molar-refractivity contribution >= 4 is 33.0 Å². The topological polar surface area (TPSA) is 105 Å². The molecule has 3 aromatic rings. The van der Waals surface area contributed by atoms with Gasteiger partial charge in [-0.1, -0.05) is 12.1 Å². The summed E-state index contributed by atoms with van der Waals surface area (Å²) in [5, 5.41) is 0. The number of nitrogens with two attached hydrogens (primary N) is 1. The van der Waals surface area contributed by atoms with Crippen LogP contribution < -0.4 is 17.0 Å². The SMILES string of the molecule is Cn1c(=O)c2nc(Br)n(Cc3ccc(C(N)=O)cc3)c2n(C)c1=O. The molecule has 0 aliphatic heterocycles. The van der Waals surface area contributed by atoms with Crippen molar-refractivity contribution in [1.29, 1.82) is 0 Å². The third-order valence-electron chi connectivity index (χ3n) is 3.87. The fourth-order valence-electron chi connectivity index (χ4n) is 2.56. The molecule has 0 atom stereocenters. The number of aryl methyl sites for hydroxylation is 1. The number of nitrogens with zero attached hydrogens (tertiary/aromatic N) is 4. The van der Waals surface area contributed by atoms with Gasteiger partial charge in [0.05, 0.1) is 6.54 Å². The highest BCUT2D eigenvalue weighted by molar-refractivity contribution is 9.10. The van der Waals surface area contributed by atoms with Crippen LogP contribution in [0.1, 0.15) is 15.9 Å². The number of aromatic nitrogens is 4. The van der Waals surface area contributed by atoms with Gasteiger partial charge in [0.1, 0.15) is 0 Å². The van der Waals surface area contributed by atoms with E-state index in [9.17, 15) is 14.4 Å². The number of hydrogen-bond donors (Lipinski definition) is 1.